The quantitative estimate of drug-likeness (QED) is 0.559. The first-order valence-electron chi connectivity index (χ1n) is 7.76. The third kappa shape index (κ3) is 3.19. The number of hydrogen-bond acceptors (Lipinski definition) is 5. The fraction of sp³-hybridized carbons (Fsp3) is 0. The number of carbonyl (C=O) groups is 2. The Labute approximate surface area is 176 Å². The SMILES string of the molecule is O=C1c2ccc(Br)cc2C(=O)N1c1cc(Cl)c(Oc2ccc(=O)[nH]n2)c(Cl)c1. The molecule has 1 N–H and O–H groups in total. The number of benzene rings is 2. The van der Waals surface area contributed by atoms with E-state index in [1.165, 1.54) is 24.3 Å². The highest BCUT2D eigenvalue weighted by atomic mass is 79.9. The zero-order valence-corrected chi connectivity index (χ0v) is 16.8. The third-order valence-electron chi connectivity index (χ3n) is 3.95. The highest BCUT2D eigenvalue weighted by Crippen LogP contribution is 2.41. The Morgan fingerprint density at radius 2 is 1.61 bits per heavy atom. The molecule has 4 rings (SSSR count). The van der Waals surface area contributed by atoms with Crippen LogP contribution in [0.25, 0.3) is 0 Å². The maximum Gasteiger partial charge on any atom is 0.266 e. The molecule has 2 aromatic carbocycles. The minimum Gasteiger partial charge on any atom is -0.434 e. The minimum absolute atomic E-state index is 0.0632. The van der Waals surface area contributed by atoms with Gasteiger partial charge in [-0.15, -0.1) is 5.10 Å². The van der Waals surface area contributed by atoms with Crippen molar-refractivity contribution >= 4 is 56.6 Å². The van der Waals surface area contributed by atoms with Crippen LogP contribution in [-0.2, 0) is 0 Å². The van der Waals surface area contributed by atoms with Gasteiger partial charge in [0.05, 0.1) is 26.9 Å². The van der Waals surface area contributed by atoms with Crippen LogP contribution in [0.15, 0.2) is 51.7 Å². The van der Waals surface area contributed by atoms with E-state index in [4.69, 9.17) is 27.9 Å². The van der Waals surface area contributed by atoms with Crippen LogP contribution in [0.3, 0.4) is 0 Å². The van der Waals surface area contributed by atoms with Gasteiger partial charge in [0, 0.05) is 16.6 Å². The largest absolute Gasteiger partial charge is 0.434 e. The van der Waals surface area contributed by atoms with Crippen LogP contribution in [0.2, 0.25) is 10.0 Å². The lowest BCUT2D eigenvalue weighted by atomic mass is 10.1. The summed E-state index contributed by atoms with van der Waals surface area (Å²) in [5.74, 6) is -0.812. The number of hydrogen-bond donors (Lipinski definition) is 1. The number of H-pyrrole nitrogens is 1. The molecule has 7 nitrogen and oxygen atoms in total. The Morgan fingerprint density at radius 1 is 0.929 bits per heavy atom. The number of imide groups is 1. The predicted octanol–water partition coefficient (Wildman–Crippen LogP) is 4.43. The topological polar surface area (TPSA) is 92.4 Å². The average molecular weight is 481 g/mol. The van der Waals surface area contributed by atoms with Crippen molar-refractivity contribution in [3.63, 3.8) is 0 Å². The first-order chi connectivity index (χ1) is 13.3. The molecule has 0 atom stereocenters. The van der Waals surface area contributed by atoms with Gasteiger partial charge in [-0.3, -0.25) is 14.4 Å². The molecule has 0 aliphatic carbocycles. The molecule has 1 aliphatic heterocycles. The van der Waals surface area contributed by atoms with Crippen LogP contribution in [0.5, 0.6) is 11.6 Å². The van der Waals surface area contributed by atoms with Gasteiger partial charge in [-0.2, -0.15) is 0 Å². The molecule has 0 fully saturated rings. The van der Waals surface area contributed by atoms with Crippen LogP contribution >= 0.6 is 39.1 Å². The van der Waals surface area contributed by atoms with Crippen molar-refractivity contribution in [1.82, 2.24) is 10.2 Å². The molecule has 3 aromatic rings. The average Bonchev–Trinajstić information content (AvgIpc) is 2.89. The molecule has 1 aromatic heterocycles. The molecule has 10 heteroatoms. The molecule has 0 radical (unpaired) electrons. The van der Waals surface area contributed by atoms with Gasteiger partial charge in [0.1, 0.15) is 0 Å². The number of rotatable bonds is 3. The molecule has 28 heavy (non-hydrogen) atoms. The zero-order chi connectivity index (χ0) is 20.0. The molecule has 0 spiro atoms. The fourth-order valence-corrected chi connectivity index (χ4v) is 3.63. The molecule has 140 valence electrons. The number of carbonyl (C=O) groups excluding carboxylic acids is 2. The number of nitrogens with one attached hydrogen (secondary N) is 1. The maximum atomic E-state index is 12.7. The summed E-state index contributed by atoms with van der Waals surface area (Å²) in [6.45, 7) is 0. The number of ether oxygens (including phenoxy) is 1. The van der Waals surface area contributed by atoms with Crippen molar-refractivity contribution in [2.45, 2.75) is 0 Å². The van der Waals surface area contributed by atoms with E-state index in [2.05, 4.69) is 26.1 Å². The van der Waals surface area contributed by atoms with E-state index in [1.54, 1.807) is 18.2 Å². The Kier molecular flexibility index (Phi) is 4.70. The molecular formula is C18H8BrCl2N3O4. The number of aromatic amines is 1. The Balaban J connectivity index is 1.70. The highest BCUT2D eigenvalue weighted by molar-refractivity contribution is 9.10. The number of halogens is 3. The van der Waals surface area contributed by atoms with E-state index in [0.717, 1.165) is 4.90 Å². The smallest absolute Gasteiger partial charge is 0.266 e. The number of fused-ring (bicyclic) bond motifs is 1. The van der Waals surface area contributed by atoms with Gasteiger partial charge in [0.2, 0.25) is 5.88 Å². The molecular weight excluding hydrogens is 473 g/mol. The van der Waals surface area contributed by atoms with Crippen molar-refractivity contribution in [1.29, 1.82) is 0 Å². The van der Waals surface area contributed by atoms with Crippen molar-refractivity contribution in [2.75, 3.05) is 4.90 Å². The van der Waals surface area contributed by atoms with Crippen LogP contribution in [0.1, 0.15) is 20.7 Å². The summed E-state index contributed by atoms with van der Waals surface area (Å²) in [6, 6.07) is 10.2. The van der Waals surface area contributed by atoms with Crippen LogP contribution < -0.4 is 15.2 Å². The second kappa shape index (κ2) is 7.05. The van der Waals surface area contributed by atoms with Gasteiger partial charge in [0.25, 0.3) is 17.4 Å². The zero-order valence-electron chi connectivity index (χ0n) is 13.7. The number of anilines is 1. The second-order valence-electron chi connectivity index (χ2n) is 5.74. The lowest BCUT2D eigenvalue weighted by Gasteiger charge is -2.16. The van der Waals surface area contributed by atoms with E-state index >= 15 is 0 Å². The first kappa shape index (κ1) is 18.7. The first-order valence-corrected chi connectivity index (χ1v) is 9.31. The van der Waals surface area contributed by atoms with Crippen LogP contribution in [-0.4, -0.2) is 22.0 Å². The molecule has 0 bridgehead atoms. The van der Waals surface area contributed by atoms with E-state index < -0.39 is 17.4 Å². The van der Waals surface area contributed by atoms with Gasteiger partial charge >= 0.3 is 0 Å². The van der Waals surface area contributed by atoms with Crippen molar-refractivity contribution in [3.05, 3.63) is 78.5 Å². The van der Waals surface area contributed by atoms with Crippen molar-refractivity contribution in [3.8, 4) is 11.6 Å². The van der Waals surface area contributed by atoms with Gasteiger partial charge in [-0.1, -0.05) is 39.1 Å². The number of amides is 2. The summed E-state index contributed by atoms with van der Waals surface area (Å²) in [6.07, 6.45) is 0. The Morgan fingerprint density at radius 3 is 2.25 bits per heavy atom. The molecule has 2 heterocycles. The van der Waals surface area contributed by atoms with Crippen LogP contribution in [0, 0.1) is 0 Å². The summed E-state index contributed by atoms with van der Waals surface area (Å²) in [5.41, 5.74) is 0.388. The number of aromatic nitrogens is 2. The molecule has 2 amide bonds. The summed E-state index contributed by atoms with van der Waals surface area (Å²) in [5, 5.41) is 6.06. The van der Waals surface area contributed by atoms with Gasteiger partial charge < -0.3 is 4.74 Å². The molecule has 0 saturated heterocycles. The summed E-state index contributed by atoms with van der Waals surface area (Å²) in [4.78, 5) is 37.5. The van der Waals surface area contributed by atoms with Crippen LogP contribution in [0.4, 0.5) is 5.69 Å². The molecule has 0 saturated carbocycles. The molecule has 1 aliphatic rings. The molecule has 0 unspecified atom stereocenters. The van der Waals surface area contributed by atoms with E-state index in [9.17, 15) is 14.4 Å². The third-order valence-corrected chi connectivity index (χ3v) is 5.00. The van der Waals surface area contributed by atoms with E-state index in [-0.39, 0.29) is 32.9 Å². The Bertz CT molecular complexity index is 1170. The normalized spacial score (nSPS) is 13.0. The summed E-state index contributed by atoms with van der Waals surface area (Å²) in [7, 11) is 0. The second-order valence-corrected chi connectivity index (χ2v) is 7.47. The van der Waals surface area contributed by atoms with Gasteiger partial charge in [-0.05, 0) is 30.3 Å². The van der Waals surface area contributed by atoms with Crippen molar-refractivity contribution < 1.29 is 14.3 Å². The van der Waals surface area contributed by atoms with Crippen molar-refractivity contribution in [2.24, 2.45) is 0 Å². The Hall–Kier alpha value is -2.68. The highest BCUT2D eigenvalue weighted by Gasteiger charge is 2.37. The fourth-order valence-electron chi connectivity index (χ4n) is 2.71. The monoisotopic (exact) mass is 479 g/mol. The maximum absolute atomic E-state index is 12.7. The summed E-state index contributed by atoms with van der Waals surface area (Å²) >= 11 is 15.8. The predicted molar refractivity (Wildman–Crippen MR) is 107 cm³/mol. The minimum atomic E-state index is -0.482. The summed E-state index contributed by atoms with van der Waals surface area (Å²) < 4.78 is 6.19. The standard InChI is InChI=1S/C18H8BrCl2N3O4/c19-8-1-2-10-11(5-8)18(27)24(17(10)26)9-6-12(20)16(13(21)7-9)28-15-4-3-14(25)22-23-15/h1-7H,(H,22,25). The van der Waals surface area contributed by atoms with Gasteiger partial charge in [-0.25, -0.2) is 10.00 Å². The van der Waals surface area contributed by atoms with E-state index in [1.807, 2.05) is 0 Å². The lowest BCUT2D eigenvalue weighted by molar-refractivity contribution is 0.0926. The number of nitrogens with zero attached hydrogens (tertiary/aromatic N) is 2. The lowest BCUT2D eigenvalue weighted by Crippen LogP contribution is -2.29. The van der Waals surface area contributed by atoms with E-state index in [0.29, 0.717) is 10.0 Å². The van der Waals surface area contributed by atoms with Gasteiger partial charge in [0.15, 0.2) is 5.75 Å².